The molecule has 0 aliphatic heterocycles. The lowest BCUT2D eigenvalue weighted by Gasteiger charge is -2.11. The van der Waals surface area contributed by atoms with Crippen LogP contribution in [0.25, 0.3) is 5.69 Å². The van der Waals surface area contributed by atoms with Gasteiger partial charge in [-0.15, -0.1) is 0 Å². The maximum Gasteiger partial charge on any atom is 0.319 e. The van der Waals surface area contributed by atoms with Crippen molar-refractivity contribution in [2.75, 3.05) is 5.32 Å². The fraction of sp³-hybridized carbons (Fsp3) is 0.227. The molecular formula is C22H25N3O. The Morgan fingerprint density at radius 3 is 2.35 bits per heavy atom. The molecule has 1 heterocycles. The molecule has 3 rings (SSSR count). The normalized spacial score (nSPS) is 10.6. The van der Waals surface area contributed by atoms with Gasteiger partial charge >= 0.3 is 6.03 Å². The van der Waals surface area contributed by atoms with Gasteiger partial charge in [-0.1, -0.05) is 29.8 Å². The van der Waals surface area contributed by atoms with E-state index >= 15 is 0 Å². The standard InChI is InChI=1S/C22H25N3O/c1-15-8-10-21(11-9-15)25-17(3)13-19(18(25)4)14-23-22(26)24-20-7-5-6-16(2)12-20/h5-13H,14H2,1-4H3,(H2,23,24,26). The average Bonchev–Trinajstić information content (AvgIpc) is 2.88. The van der Waals surface area contributed by atoms with Gasteiger partial charge in [-0.25, -0.2) is 4.79 Å². The third-order valence-electron chi connectivity index (χ3n) is 4.54. The molecule has 4 heteroatoms. The summed E-state index contributed by atoms with van der Waals surface area (Å²) >= 11 is 0. The molecule has 0 atom stereocenters. The van der Waals surface area contributed by atoms with Crippen LogP contribution in [0.2, 0.25) is 0 Å². The highest BCUT2D eigenvalue weighted by molar-refractivity contribution is 5.89. The molecule has 0 radical (unpaired) electrons. The summed E-state index contributed by atoms with van der Waals surface area (Å²) in [4.78, 5) is 12.2. The molecule has 2 N–H and O–H groups in total. The quantitative estimate of drug-likeness (QED) is 0.683. The number of urea groups is 1. The SMILES string of the molecule is Cc1ccc(-n2c(C)cc(CNC(=O)Nc3cccc(C)c3)c2C)cc1. The van der Waals surface area contributed by atoms with Crippen LogP contribution in [0.5, 0.6) is 0 Å². The molecule has 0 saturated heterocycles. The van der Waals surface area contributed by atoms with Crippen LogP contribution in [0, 0.1) is 27.7 Å². The fourth-order valence-electron chi connectivity index (χ4n) is 3.17. The third kappa shape index (κ3) is 3.97. The second-order valence-electron chi connectivity index (χ2n) is 6.74. The Hall–Kier alpha value is -3.01. The Morgan fingerprint density at radius 2 is 1.65 bits per heavy atom. The van der Waals surface area contributed by atoms with Crippen LogP contribution in [0.4, 0.5) is 10.5 Å². The molecule has 0 bridgehead atoms. The largest absolute Gasteiger partial charge is 0.334 e. The number of rotatable bonds is 4. The smallest absolute Gasteiger partial charge is 0.319 e. The zero-order chi connectivity index (χ0) is 18.7. The first-order chi connectivity index (χ1) is 12.4. The van der Waals surface area contributed by atoms with Crippen molar-refractivity contribution in [1.82, 2.24) is 9.88 Å². The molecule has 2 aromatic carbocycles. The highest BCUT2D eigenvalue weighted by Crippen LogP contribution is 2.21. The van der Waals surface area contributed by atoms with Gasteiger partial charge in [0.1, 0.15) is 0 Å². The van der Waals surface area contributed by atoms with Crippen LogP contribution in [-0.2, 0) is 6.54 Å². The van der Waals surface area contributed by atoms with E-state index in [4.69, 9.17) is 0 Å². The Morgan fingerprint density at radius 1 is 0.923 bits per heavy atom. The number of aryl methyl sites for hydroxylation is 3. The van der Waals surface area contributed by atoms with Crippen molar-refractivity contribution in [1.29, 1.82) is 0 Å². The first-order valence-electron chi connectivity index (χ1n) is 8.80. The lowest BCUT2D eigenvalue weighted by atomic mass is 10.2. The highest BCUT2D eigenvalue weighted by atomic mass is 16.2. The van der Waals surface area contributed by atoms with Gasteiger partial charge in [0.05, 0.1) is 0 Å². The minimum absolute atomic E-state index is 0.198. The number of aromatic nitrogens is 1. The molecule has 2 amide bonds. The molecule has 0 saturated carbocycles. The zero-order valence-corrected chi connectivity index (χ0v) is 15.8. The van der Waals surface area contributed by atoms with Crippen molar-refractivity contribution in [2.45, 2.75) is 34.2 Å². The number of carbonyl (C=O) groups excluding carboxylic acids is 1. The van der Waals surface area contributed by atoms with Crippen molar-refractivity contribution < 1.29 is 4.79 Å². The molecule has 0 aliphatic carbocycles. The van der Waals surface area contributed by atoms with Crippen LogP contribution >= 0.6 is 0 Å². The molecule has 3 aromatic rings. The second-order valence-corrected chi connectivity index (χ2v) is 6.74. The molecular weight excluding hydrogens is 322 g/mol. The number of benzene rings is 2. The van der Waals surface area contributed by atoms with E-state index in [1.807, 2.05) is 31.2 Å². The molecule has 0 unspecified atom stereocenters. The van der Waals surface area contributed by atoms with Crippen LogP contribution in [0.1, 0.15) is 28.1 Å². The molecule has 0 aliphatic rings. The van der Waals surface area contributed by atoms with Crippen molar-refractivity contribution in [3.8, 4) is 5.69 Å². The Bertz CT molecular complexity index is 923. The van der Waals surface area contributed by atoms with Gasteiger partial charge in [0.15, 0.2) is 0 Å². The monoisotopic (exact) mass is 347 g/mol. The lowest BCUT2D eigenvalue weighted by molar-refractivity contribution is 0.251. The molecule has 4 nitrogen and oxygen atoms in total. The van der Waals surface area contributed by atoms with Crippen molar-refractivity contribution in [3.05, 3.63) is 82.7 Å². The summed E-state index contributed by atoms with van der Waals surface area (Å²) in [6.45, 7) is 8.75. The van der Waals surface area contributed by atoms with Crippen molar-refractivity contribution in [3.63, 3.8) is 0 Å². The van der Waals surface area contributed by atoms with E-state index in [0.29, 0.717) is 6.54 Å². The van der Waals surface area contributed by atoms with Crippen LogP contribution in [0.3, 0.4) is 0 Å². The lowest BCUT2D eigenvalue weighted by Crippen LogP contribution is -2.28. The minimum Gasteiger partial charge on any atom is -0.334 e. The number of anilines is 1. The summed E-state index contributed by atoms with van der Waals surface area (Å²) in [6.07, 6.45) is 0. The number of carbonyl (C=O) groups is 1. The predicted octanol–water partition coefficient (Wildman–Crippen LogP) is 5.03. The van der Waals surface area contributed by atoms with Gasteiger partial charge in [0, 0.05) is 29.3 Å². The van der Waals surface area contributed by atoms with E-state index in [-0.39, 0.29) is 6.03 Å². The first-order valence-corrected chi connectivity index (χ1v) is 8.80. The maximum atomic E-state index is 12.2. The minimum atomic E-state index is -0.198. The number of hydrogen-bond acceptors (Lipinski definition) is 1. The van der Waals surface area contributed by atoms with Crippen molar-refractivity contribution in [2.24, 2.45) is 0 Å². The van der Waals surface area contributed by atoms with Crippen LogP contribution in [-0.4, -0.2) is 10.6 Å². The van der Waals surface area contributed by atoms with E-state index < -0.39 is 0 Å². The summed E-state index contributed by atoms with van der Waals surface area (Å²) in [7, 11) is 0. The van der Waals surface area contributed by atoms with E-state index in [1.54, 1.807) is 0 Å². The summed E-state index contributed by atoms with van der Waals surface area (Å²) < 4.78 is 2.22. The van der Waals surface area contributed by atoms with Crippen molar-refractivity contribution >= 4 is 11.7 Å². The topological polar surface area (TPSA) is 46.1 Å². The van der Waals surface area contributed by atoms with Gasteiger partial charge in [-0.3, -0.25) is 0 Å². The van der Waals surface area contributed by atoms with Gasteiger partial charge in [0.2, 0.25) is 0 Å². The van der Waals surface area contributed by atoms with E-state index in [0.717, 1.165) is 33.9 Å². The number of nitrogens with zero attached hydrogens (tertiary/aromatic N) is 1. The molecule has 0 fully saturated rings. The molecule has 134 valence electrons. The fourth-order valence-corrected chi connectivity index (χ4v) is 3.17. The third-order valence-corrected chi connectivity index (χ3v) is 4.54. The van der Waals surface area contributed by atoms with E-state index in [2.05, 4.69) is 66.3 Å². The van der Waals surface area contributed by atoms with Crippen LogP contribution in [0.15, 0.2) is 54.6 Å². The van der Waals surface area contributed by atoms with Gasteiger partial charge in [-0.05, 0) is 69.2 Å². The molecule has 0 spiro atoms. The van der Waals surface area contributed by atoms with E-state index in [1.165, 1.54) is 5.56 Å². The number of amides is 2. The summed E-state index contributed by atoms with van der Waals surface area (Å²) in [6, 6.07) is 18.2. The van der Waals surface area contributed by atoms with Gasteiger partial charge in [0.25, 0.3) is 0 Å². The van der Waals surface area contributed by atoms with Gasteiger partial charge in [-0.2, -0.15) is 0 Å². The average molecular weight is 347 g/mol. The number of nitrogens with one attached hydrogen (secondary N) is 2. The maximum absolute atomic E-state index is 12.2. The summed E-state index contributed by atoms with van der Waals surface area (Å²) in [5.74, 6) is 0. The highest BCUT2D eigenvalue weighted by Gasteiger charge is 2.11. The van der Waals surface area contributed by atoms with Gasteiger partial charge < -0.3 is 15.2 Å². The summed E-state index contributed by atoms with van der Waals surface area (Å²) in [5, 5.41) is 5.82. The first kappa shape index (κ1) is 17.8. The molecule has 26 heavy (non-hydrogen) atoms. The van der Waals surface area contributed by atoms with E-state index in [9.17, 15) is 4.79 Å². The number of hydrogen-bond donors (Lipinski definition) is 2. The Labute approximate surface area is 154 Å². The van der Waals surface area contributed by atoms with Crippen LogP contribution < -0.4 is 10.6 Å². The Kier molecular flexibility index (Phi) is 5.12. The zero-order valence-electron chi connectivity index (χ0n) is 15.8. The molecule has 1 aromatic heterocycles. The Balaban J connectivity index is 1.70. The predicted molar refractivity (Wildman–Crippen MR) is 107 cm³/mol. The summed E-state index contributed by atoms with van der Waals surface area (Å²) in [5.41, 5.74) is 7.70. The second kappa shape index (κ2) is 7.48.